The van der Waals surface area contributed by atoms with E-state index >= 15 is 0 Å². The van der Waals surface area contributed by atoms with Crippen molar-refractivity contribution >= 4 is 16.1 Å². The van der Waals surface area contributed by atoms with Crippen LogP contribution < -0.4 is 0 Å². The summed E-state index contributed by atoms with van der Waals surface area (Å²) in [5.74, 6) is 0. The van der Waals surface area contributed by atoms with Crippen molar-refractivity contribution in [1.82, 2.24) is 0 Å². The van der Waals surface area contributed by atoms with Crippen molar-refractivity contribution in [2.45, 2.75) is 87.9 Å². The first-order valence-corrected chi connectivity index (χ1v) is 16.2. The van der Waals surface area contributed by atoms with Crippen LogP contribution in [0.15, 0.2) is 24.3 Å². The van der Waals surface area contributed by atoms with Gasteiger partial charge < -0.3 is 0 Å². The quantitative estimate of drug-likeness (QED) is 0.569. The van der Waals surface area contributed by atoms with Crippen molar-refractivity contribution in [3.63, 3.8) is 0 Å². The molecule has 2 saturated carbocycles. The van der Waals surface area contributed by atoms with Gasteiger partial charge in [-0.05, 0) is 46.9 Å². The summed E-state index contributed by atoms with van der Waals surface area (Å²) in [7, 11) is -2.30. The topological polar surface area (TPSA) is 0 Å². The molecule has 2 aliphatic carbocycles. The Balaban J connectivity index is 1.94. The smallest absolute Gasteiger partial charge is 0.0557 e. The van der Waals surface area contributed by atoms with Crippen molar-refractivity contribution in [3.05, 3.63) is 35.4 Å². The van der Waals surface area contributed by atoms with Crippen molar-refractivity contribution in [3.8, 4) is 0 Å². The minimum absolute atomic E-state index is 0.567. The average molecular weight is 331 g/mol. The van der Waals surface area contributed by atoms with Gasteiger partial charge in [0, 0.05) is 0 Å². The molecule has 3 rings (SSSR count). The van der Waals surface area contributed by atoms with Gasteiger partial charge in [-0.2, -0.15) is 0 Å². The van der Waals surface area contributed by atoms with Crippen molar-refractivity contribution in [2.75, 3.05) is 0 Å². The summed E-state index contributed by atoms with van der Waals surface area (Å²) in [5, 5.41) is 1.13. The molecule has 0 nitrogen and oxygen atoms in total. The van der Waals surface area contributed by atoms with Gasteiger partial charge in [-0.1, -0.05) is 76.4 Å². The van der Waals surface area contributed by atoms with Crippen LogP contribution in [0.25, 0.3) is 0 Å². The highest BCUT2D eigenvalue weighted by molar-refractivity contribution is 6.79. The van der Waals surface area contributed by atoms with E-state index in [0.29, 0.717) is 10.1 Å². The molecule has 0 aromatic heterocycles. The van der Waals surface area contributed by atoms with Gasteiger partial charge in [-0.3, -0.25) is 0 Å². The largest absolute Gasteiger partial charge is 0.0689 e. The monoisotopic (exact) mass is 330 g/mol. The molecule has 1 aromatic carbocycles. The maximum atomic E-state index is 2.57. The third-order valence-electron chi connectivity index (χ3n) is 7.28. The summed E-state index contributed by atoms with van der Waals surface area (Å²) in [4.78, 5) is 0. The Morgan fingerprint density at radius 1 is 0.591 bits per heavy atom. The standard InChI is InChI=1S/C20H34Si2/c1-21(2,3)19(13-7-14-19)17-9-11-18(12-10-17)20(15-8-16-20)22(4,5)6/h9-12H,7-8,13-16H2,1-6H3. The van der Waals surface area contributed by atoms with Gasteiger partial charge >= 0.3 is 0 Å². The number of hydrogen-bond donors (Lipinski definition) is 0. The number of hydrogen-bond acceptors (Lipinski definition) is 0. The lowest BCUT2D eigenvalue weighted by atomic mass is 9.75. The molecule has 0 heterocycles. The SMILES string of the molecule is C[Si](C)(C)C1(c2ccc(C3([Si](C)(C)C)CCC3)cc2)CCC1. The molecular formula is C20H34Si2. The minimum atomic E-state index is -1.15. The second-order valence-corrected chi connectivity index (χ2v) is 20.9. The van der Waals surface area contributed by atoms with Gasteiger partial charge in [-0.25, -0.2) is 0 Å². The van der Waals surface area contributed by atoms with Gasteiger partial charge in [0.05, 0.1) is 16.1 Å². The molecule has 22 heavy (non-hydrogen) atoms. The molecule has 2 aliphatic rings. The first-order chi connectivity index (χ1) is 10.1. The average Bonchev–Trinajstić information content (AvgIpc) is 2.23. The maximum absolute atomic E-state index is 2.57. The molecule has 0 spiro atoms. The Hall–Kier alpha value is -0.346. The zero-order chi connectivity index (χ0) is 16.2. The highest BCUT2D eigenvalue weighted by atomic mass is 28.3. The molecule has 0 bridgehead atoms. The van der Waals surface area contributed by atoms with Gasteiger partial charge in [0.2, 0.25) is 0 Å². The van der Waals surface area contributed by atoms with Crippen LogP contribution in [0.4, 0.5) is 0 Å². The molecule has 0 atom stereocenters. The van der Waals surface area contributed by atoms with E-state index in [9.17, 15) is 0 Å². The predicted octanol–water partition coefficient (Wildman–Crippen LogP) is 6.28. The van der Waals surface area contributed by atoms with E-state index in [-0.39, 0.29) is 0 Å². The van der Waals surface area contributed by atoms with Gasteiger partial charge in [0.1, 0.15) is 0 Å². The van der Waals surface area contributed by atoms with Crippen molar-refractivity contribution < 1.29 is 0 Å². The van der Waals surface area contributed by atoms with E-state index in [2.05, 4.69) is 63.5 Å². The first-order valence-electron chi connectivity index (χ1n) is 9.24. The molecule has 122 valence electrons. The Kier molecular flexibility index (Phi) is 3.81. The fraction of sp³-hybridized carbons (Fsp3) is 0.700. The van der Waals surface area contributed by atoms with E-state index in [1.54, 1.807) is 11.1 Å². The minimum Gasteiger partial charge on any atom is -0.0689 e. The van der Waals surface area contributed by atoms with E-state index in [4.69, 9.17) is 0 Å². The van der Waals surface area contributed by atoms with Crippen LogP contribution in [-0.4, -0.2) is 16.1 Å². The van der Waals surface area contributed by atoms with Crippen LogP contribution in [0.5, 0.6) is 0 Å². The Bertz CT molecular complexity index is 484. The molecule has 2 heteroatoms. The van der Waals surface area contributed by atoms with Gasteiger partial charge in [0.15, 0.2) is 0 Å². The summed E-state index contributed by atoms with van der Waals surface area (Å²) in [6.07, 6.45) is 8.60. The highest BCUT2D eigenvalue weighted by Gasteiger charge is 2.51. The zero-order valence-electron chi connectivity index (χ0n) is 15.6. The zero-order valence-corrected chi connectivity index (χ0v) is 17.6. The summed E-state index contributed by atoms with van der Waals surface area (Å²) >= 11 is 0. The summed E-state index contributed by atoms with van der Waals surface area (Å²) in [6.45, 7) is 15.4. The molecular weight excluding hydrogens is 296 g/mol. The second kappa shape index (κ2) is 5.07. The van der Waals surface area contributed by atoms with E-state index in [0.717, 1.165) is 0 Å². The molecule has 2 fully saturated rings. The molecule has 0 radical (unpaired) electrons. The van der Waals surface area contributed by atoms with Crippen LogP contribution in [0.2, 0.25) is 39.3 Å². The molecule has 0 aliphatic heterocycles. The lowest BCUT2D eigenvalue weighted by Gasteiger charge is -2.53. The summed E-state index contributed by atoms with van der Waals surface area (Å²) < 4.78 is 0. The van der Waals surface area contributed by atoms with Crippen LogP contribution in [-0.2, 0) is 10.1 Å². The van der Waals surface area contributed by atoms with Crippen molar-refractivity contribution in [2.24, 2.45) is 0 Å². The number of rotatable bonds is 4. The molecule has 1 aromatic rings. The maximum Gasteiger partial charge on any atom is 0.0557 e. The predicted molar refractivity (Wildman–Crippen MR) is 104 cm³/mol. The molecule has 0 N–H and O–H groups in total. The van der Waals surface area contributed by atoms with Crippen LogP contribution in [0, 0.1) is 0 Å². The van der Waals surface area contributed by atoms with E-state index in [1.165, 1.54) is 38.5 Å². The normalized spacial score (nSPS) is 23.5. The lowest BCUT2D eigenvalue weighted by Crippen LogP contribution is -2.55. The molecule has 0 amide bonds. The van der Waals surface area contributed by atoms with Crippen LogP contribution >= 0.6 is 0 Å². The Morgan fingerprint density at radius 2 is 0.864 bits per heavy atom. The van der Waals surface area contributed by atoms with Crippen molar-refractivity contribution in [1.29, 1.82) is 0 Å². The highest BCUT2D eigenvalue weighted by Crippen LogP contribution is 2.53. The van der Waals surface area contributed by atoms with Crippen LogP contribution in [0.1, 0.15) is 49.7 Å². The van der Waals surface area contributed by atoms with E-state index in [1.807, 2.05) is 0 Å². The third-order valence-corrected chi connectivity index (χ3v) is 14.6. The van der Waals surface area contributed by atoms with E-state index < -0.39 is 16.1 Å². The second-order valence-electron chi connectivity index (χ2n) is 9.95. The third kappa shape index (κ3) is 2.21. The Labute approximate surface area is 139 Å². The molecule has 0 saturated heterocycles. The fourth-order valence-electron chi connectivity index (χ4n) is 5.11. The summed E-state index contributed by atoms with van der Waals surface area (Å²) in [5.41, 5.74) is 3.32. The fourth-order valence-corrected chi connectivity index (χ4v) is 10.9. The first kappa shape index (κ1) is 16.5. The number of benzene rings is 1. The Morgan fingerprint density at radius 3 is 1.00 bits per heavy atom. The molecule has 0 unspecified atom stereocenters. The van der Waals surface area contributed by atoms with Gasteiger partial charge in [-0.15, -0.1) is 0 Å². The summed E-state index contributed by atoms with van der Waals surface area (Å²) in [6, 6.07) is 10.1. The lowest BCUT2D eigenvalue weighted by molar-refractivity contribution is 0.338. The van der Waals surface area contributed by atoms with Gasteiger partial charge in [0.25, 0.3) is 0 Å². The van der Waals surface area contributed by atoms with Crippen LogP contribution in [0.3, 0.4) is 0 Å².